The van der Waals surface area contributed by atoms with Gasteiger partial charge in [-0.25, -0.2) is 4.79 Å². The highest BCUT2D eigenvalue weighted by molar-refractivity contribution is 6.44. The Labute approximate surface area is 166 Å². The summed E-state index contributed by atoms with van der Waals surface area (Å²) < 4.78 is 5.71. The van der Waals surface area contributed by atoms with Crippen molar-refractivity contribution in [1.29, 1.82) is 0 Å². The Morgan fingerprint density at radius 3 is 2.48 bits per heavy atom. The molecule has 29 heavy (non-hydrogen) atoms. The largest absolute Gasteiger partial charge is 0.507 e. The van der Waals surface area contributed by atoms with E-state index < -0.39 is 42.9 Å². The Morgan fingerprint density at radius 2 is 1.93 bits per heavy atom. The molecule has 2 saturated heterocycles. The summed E-state index contributed by atoms with van der Waals surface area (Å²) in [5.74, 6) is -2.64. The lowest BCUT2D eigenvalue weighted by Crippen LogP contribution is -2.59. The first-order chi connectivity index (χ1) is 13.8. The zero-order chi connectivity index (χ0) is 20.9. The fraction of sp³-hybridized carbons (Fsp3) is 0.556. The van der Waals surface area contributed by atoms with Crippen LogP contribution in [0.15, 0.2) is 12.1 Å². The van der Waals surface area contributed by atoms with Crippen LogP contribution in [0.1, 0.15) is 34.7 Å². The summed E-state index contributed by atoms with van der Waals surface area (Å²) in [5.41, 5.74) is -0.0185. The third-order valence-corrected chi connectivity index (χ3v) is 5.87. The molecule has 3 fully saturated rings. The van der Waals surface area contributed by atoms with Crippen LogP contribution in [0.2, 0.25) is 5.82 Å². The molecule has 156 valence electrons. The molecule has 11 heteroatoms. The van der Waals surface area contributed by atoms with Crippen LogP contribution >= 0.6 is 0 Å². The maximum Gasteiger partial charge on any atom is 0.455 e. The second-order valence-corrected chi connectivity index (χ2v) is 7.93. The van der Waals surface area contributed by atoms with Crippen LogP contribution in [0.5, 0.6) is 11.5 Å². The number of benzene rings is 1. The topological polar surface area (TPSA) is 160 Å². The fourth-order valence-electron chi connectivity index (χ4n) is 4.09. The van der Waals surface area contributed by atoms with Crippen molar-refractivity contribution in [2.75, 3.05) is 19.6 Å². The van der Waals surface area contributed by atoms with E-state index in [0.29, 0.717) is 24.9 Å². The molecule has 1 aliphatic carbocycles. The number of nitrogens with one attached hydrogen (secondary N) is 1. The molecule has 4 rings (SSSR count). The molecule has 1 unspecified atom stereocenters. The minimum absolute atomic E-state index is 0.00649. The molecule has 3 aliphatic rings. The van der Waals surface area contributed by atoms with Crippen molar-refractivity contribution in [3.63, 3.8) is 0 Å². The number of carboxylic acids is 1. The number of carbonyl (C=O) groups excluding carboxylic acids is 1. The highest BCUT2D eigenvalue weighted by Gasteiger charge is 2.48. The lowest BCUT2D eigenvalue weighted by atomic mass is 9.81. The predicted molar refractivity (Wildman–Crippen MR) is 99.8 cm³/mol. The van der Waals surface area contributed by atoms with Crippen molar-refractivity contribution in [1.82, 2.24) is 10.2 Å². The van der Waals surface area contributed by atoms with E-state index in [1.54, 1.807) is 4.90 Å². The summed E-state index contributed by atoms with van der Waals surface area (Å²) in [7, 11) is -1.52. The van der Waals surface area contributed by atoms with Crippen LogP contribution in [-0.4, -0.2) is 87.1 Å². The average molecular weight is 406 g/mol. The maximum atomic E-state index is 12.3. The predicted octanol–water partition coefficient (Wildman–Crippen LogP) is -1.27. The van der Waals surface area contributed by atoms with Crippen molar-refractivity contribution in [2.24, 2.45) is 0 Å². The number of rotatable bonds is 6. The molecule has 1 aromatic rings. The number of aromatic carboxylic acids is 1. The number of aliphatic hydroxyl groups is 1. The first-order valence-corrected chi connectivity index (χ1v) is 9.58. The Balaban J connectivity index is 1.41. The minimum Gasteiger partial charge on any atom is -0.507 e. The van der Waals surface area contributed by atoms with Gasteiger partial charge in [0.05, 0.1) is 25.2 Å². The Bertz CT molecular complexity index is 828. The van der Waals surface area contributed by atoms with Gasteiger partial charge in [0.25, 0.3) is 0 Å². The smallest absolute Gasteiger partial charge is 0.455 e. The molecule has 0 radical (unpaired) electrons. The molecule has 0 bridgehead atoms. The quantitative estimate of drug-likeness (QED) is 0.317. The summed E-state index contributed by atoms with van der Waals surface area (Å²) >= 11 is 0. The van der Waals surface area contributed by atoms with Gasteiger partial charge >= 0.3 is 13.1 Å². The van der Waals surface area contributed by atoms with E-state index in [-0.39, 0.29) is 36.2 Å². The number of carboxylic acid groups (broad SMARTS) is 1. The van der Waals surface area contributed by atoms with Gasteiger partial charge in [-0.3, -0.25) is 4.79 Å². The Morgan fingerprint density at radius 1 is 1.21 bits per heavy atom. The van der Waals surface area contributed by atoms with Crippen molar-refractivity contribution in [2.45, 2.75) is 42.8 Å². The fourth-order valence-corrected chi connectivity index (χ4v) is 4.09. The zero-order valence-corrected chi connectivity index (χ0v) is 15.6. The number of hydrogen-bond donors (Lipinski definition) is 6. The second-order valence-electron chi connectivity index (χ2n) is 7.93. The molecule has 6 N–H and O–H groups in total. The van der Waals surface area contributed by atoms with Crippen LogP contribution in [0.4, 0.5) is 0 Å². The van der Waals surface area contributed by atoms with Crippen LogP contribution in [-0.2, 0) is 4.79 Å². The lowest BCUT2D eigenvalue weighted by molar-refractivity contribution is -0.142. The van der Waals surface area contributed by atoms with E-state index in [0.717, 1.165) is 0 Å². The third-order valence-electron chi connectivity index (χ3n) is 5.87. The van der Waals surface area contributed by atoms with Crippen molar-refractivity contribution in [3.05, 3.63) is 23.3 Å². The molecule has 0 aromatic heterocycles. The van der Waals surface area contributed by atoms with Crippen LogP contribution in [0.3, 0.4) is 0 Å². The van der Waals surface area contributed by atoms with E-state index in [9.17, 15) is 35.0 Å². The molecule has 0 spiro atoms. The number of amides is 1. The zero-order valence-electron chi connectivity index (χ0n) is 15.6. The highest BCUT2D eigenvalue weighted by atomic mass is 16.5. The average Bonchev–Trinajstić information content (AvgIpc) is 3.30. The first kappa shape index (κ1) is 20.0. The number of aromatic hydroxyl groups is 1. The molecule has 1 saturated carbocycles. The molecule has 2 heterocycles. The number of β-amino-alcohol motifs (C(OH)–C–C–N with tert-alkyl or cyclic N) is 1. The molecule has 1 amide bonds. The molecule has 4 atom stereocenters. The Hall–Kier alpha value is -2.34. The summed E-state index contributed by atoms with van der Waals surface area (Å²) in [5, 5.41) is 51.0. The van der Waals surface area contributed by atoms with Gasteiger partial charge in [0.15, 0.2) is 0 Å². The van der Waals surface area contributed by atoms with Gasteiger partial charge in [0.2, 0.25) is 5.91 Å². The molecule has 1 aromatic carbocycles. The van der Waals surface area contributed by atoms with Crippen LogP contribution in [0.25, 0.3) is 0 Å². The second kappa shape index (κ2) is 7.49. The molecular formula is C18H23BN2O8. The number of phenols is 1. The molecular weight excluding hydrogens is 383 g/mol. The van der Waals surface area contributed by atoms with Crippen molar-refractivity contribution >= 4 is 19.0 Å². The van der Waals surface area contributed by atoms with Crippen LogP contribution < -0.4 is 10.1 Å². The van der Waals surface area contributed by atoms with E-state index in [2.05, 4.69) is 5.32 Å². The SMILES string of the molecule is O=C(O)c1c(OC2CN(C(=O)[C@H]3C[C@H](O)CN3)C2)ccc(C2C[C@H]2B(O)O)c1O. The normalized spacial score (nSPS) is 28.7. The van der Waals surface area contributed by atoms with Crippen molar-refractivity contribution in [3.8, 4) is 11.5 Å². The monoisotopic (exact) mass is 406 g/mol. The van der Waals surface area contributed by atoms with Gasteiger partial charge in [-0.1, -0.05) is 6.07 Å². The summed E-state index contributed by atoms with van der Waals surface area (Å²) in [6.07, 6.45) is -0.116. The van der Waals surface area contributed by atoms with Gasteiger partial charge in [0, 0.05) is 12.4 Å². The standard InChI is InChI=1S/C18H23BN2O8/c22-8-3-13(20-5-8)17(24)21-6-9(7-21)29-14-2-1-10(11-4-12(11)19(27)28)16(23)15(14)18(25)26/h1-2,8-9,11-13,20,22-23,27-28H,3-7H2,(H,25,26)/t8-,11?,12+,13+/m0/s1. The Kier molecular flexibility index (Phi) is 5.15. The van der Waals surface area contributed by atoms with Gasteiger partial charge in [-0.05, 0) is 30.4 Å². The summed E-state index contributed by atoms with van der Waals surface area (Å²) in [6, 6.07) is 2.57. The summed E-state index contributed by atoms with van der Waals surface area (Å²) in [6.45, 7) is 0.957. The van der Waals surface area contributed by atoms with E-state index in [1.807, 2.05) is 0 Å². The minimum atomic E-state index is -1.52. The number of ether oxygens (including phenoxy) is 1. The molecule has 2 aliphatic heterocycles. The summed E-state index contributed by atoms with van der Waals surface area (Å²) in [4.78, 5) is 25.6. The van der Waals surface area contributed by atoms with Crippen molar-refractivity contribution < 1.29 is 39.7 Å². The number of nitrogens with zero attached hydrogens (tertiary/aromatic N) is 1. The van der Waals surface area contributed by atoms with Gasteiger partial charge in [-0.15, -0.1) is 0 Å². The lowest BCUT2D eigenvalue weighted by Gasteiger charge is -2.40. The number of likely N-dealkylation sites (tertiary alicyclic amines) is 1. The molecule has 10 nitrogen and oxygen atoms in total. The number of hydrogen-bond acceptors (Lipinski definition) is 8. The number of aliphatic hydroxyl groups excluding tert-OH is 1. The van der Waals surface area contributed by atoms with E-state index in [4.69, 9.17) is 4.74 Å². The third kappa shape index (κ3) is 3.78. The number of carbonyl (C=O) groups is 2. The van der Waals surface area contributed by atoms with E-state index >= 15 is 0 Å². The van der Waals surface area contributed by atoms with Gasteiger partial charge in [0.1, 0.15) is 23.2 Å². The maximum absolute atomic E-state index is 12.3. The van der Waals surface area contributed by atoms with Gasteiger partial charge in [-0.2, -0.15) is 0 Å². The van der Waals surface area contributed by atoms with Crippen LogP contribution in [0, 0.1) is 0 Å². The van der Waals surface area contributed by atoms with E-state index in [1.165, 1.54) is 12.1 Å². The first-order valence-electron chi connectivity index (χ1n) is 9.58. The van der Waals surface area contributed by atoms with Gasteiger partial charge < -0.3 is 40.3 Å². The highest BCUT2D eigenvalue weighted by Crippen LogP contribution is 2.56.